The number of nitrogens with one attached hydrogen (secondary N) is 2. The molecule has 3 fully saturated rings. The van der Waals surface area contributed by atoms with E-state index < -0.39 is 5.92 Å². The van der Waals surface area contributed by atoms with Gasteiger partial charge in [-0.1, -0.05) is 25.8 Å². The van der Waals surface area contributed by atoms with E-state index in [-0.39, 0.29) is 23.8 Å². The van der Waals surface area contributed by atoms with E-state index in [1.165, 1.54) is 43.4 Å². The highest BCUT2D eigenvalue weighted by atomic mass is 16.5. The summed E-state index contributed by atoms with van der Waals surface area (Å²) in [4.78, 5) is 36.7. The normalized spacial score (nSPS) is 35.3. The molecule has 6 rings (SSSR count). The number of imidazole rings is 1. The first kappa shape index (κ1) is 24.5. The van der Waals surface area contributed by atoms with Gasteiger partial charge in [-0.05, 0) is 80.8 Å². The molecule has 2 amide bonds. The summed E-state index contributed by atoms with van der Waals surface area (Å²) in [5, 5.41) is 3.02. The smallest absolute Gasteiger partial charge is 0.239 e. The average molecular weight is 505 g/mol. The van der Waals surface area contributed by atoms with Gasteiger partial charge in [-0.3, -0.25) is 9.59 Å². The molecule has 0 radical (unpaired) electrons. The second-order valence-electron chi connectivity index (χ2n) is 12.7. The molecule has 3 aliphatic carbocycles. The van der Waals surface area contributed by atoms with Crippen molar-refractivity contribution in [2.75, 3.05) is 14.2 Å². The van der Waals surface area contributed by atoms with Crippen molar-refractivity contribution in [3.8, 4) is 5.75 Å². The minimum atomic E-state index is -0.674. The lowest BCUT2D eigenvalue weighted by Gasteiger charge is -2.59. The van der Waals surface area contributed by atoms with Crippen molar-refractivity contribution in [2.24, 2.45) is 34.5 Å². The molecule has 1 unspecified atom stereocenters. The number of amides is 2. The van der Waals surface area contributed by atoms with E-state index in [1.54, 1.807) is 7.11 Å². The molecule has 7 nitrogen and oxygen atoms in total. The highest BCUT2D eigenvalue weighted by molar-refractivity contribution is 6.01. The Bertz CT molecular complexity index is 1300. The Morgan fingerprint density at radius 2 is 2.05 bits per heavy atom. The van der Waals surface area contributed by atoms with Crippen LogP contribution >= 0.6 is 0 Å². The number of piperidine rings is 1. The summed E-state index contributed by atoms with van der Waals surface area (Å²) < 4.78 is 5.29. The zero-order valence-electron chi connectivity index (χ0n) is 22.8. The maximum absolute atomic E-state index is 13.5. The van der Waals surface area contributed by atoms with Crippen molar-refractivity contribution in [2.45, 2.75) is 72.3 Å². The molecule has 2 heterocycles. The highest BCUT2D eigenvalue weighted by Crippen LogP contribution is 2.65. The first-order chi connectivity index (χ1) is 17.6. The van der Waals surface area contributed by atoms with Crippen LogP contribution in [0.3, 0.4) is 0 Å². The largest absolute Gasteiger partial charge is 0.497 e. The summed E-state index contributed by atoms with van der Waals surface area (Å²) in [6.45, 7) is 7.34. The first-order valence-corrected chi connectivity index (χ1v) is 13.9. The van der Waals surface area contributed by atoms with Crippen LogP contribution < -0.4 is 10.1 Å². The average Bonchev–Trinajstić information content (AvgIpc) is 3.47. The number of benzene rings is 1. The van der Waals surface area contributed by atoms with Crippen LogP contribution in [0.1, 0.15) is 71.5 Å². The number of carbonyl (C=O) groups excluding carboxylic acids is 2. The van der Waals surface area contributed by atoms with Crippen LogP contribution in [0, 0.1) is 34.5 Å². The predicted molar refractivity (Wildman–Crippen MR) is 142 cm³/mol. The summed E-state index contributed by atoms with van der Waals surface area (Å²) in [7, 11) is 3.52. The number of carbonyl (C=O) groups is 2. The summed E-state index contributed by atoms with van der Waals surface area (Å²) >= 11 is 0. The minimum absolute atomic E-state index is 0.0846. The number of aromatic nitrogens is 2. The van der Waals surface area contributed by atoms with E-state index in [4.69, 9.17) is 4.74 Å². The van der Waals surface area contributed by atoms with Crippen molar-refractivity contribution < 1.29 is 14.3 Å². The van der Waals surface area contributed by atoms with Gasteiger partial charge < -0.3 is 19.9 Å². The molecule has 7 heteroatoms. The van der Waals surface area contributed by atoms with Gasteiger partial charge in [-0.25, -0.2) is 4.98 Å². The number of H-pyrrole nitrogens is 1. The Labute approximate surface area is 219 Å². The van der Waals surface area contributed by atoms with E-state index >= 15 is 0 Å². The first-order valence-electron chi connectivity index (χ1n) is 13.9. The second-order valence-corrected chi connectivity index (χ2v) is 12.7. The number of likely N-dealkylation sites (tertiary alicyclic amines) is 1. The van der Waals surface area contributed by atoms with E-state index in [0.717, 1.165) is 29.1 Å². The fourth-order valence-corrected chi connectivity index (χ4v) is 8.99. The van der Waals surface area contributed by atoms with Gasteiger partial charge in [0.15, 0.2) is 0 Å². The Kier molecular flexibility index (Phi) is 5.70. The van der Waals surface area contributed by atoms with Crippen LogP contribution in [0.15, 0.2) is 29.5 Å². The lowest BCUT2D eigenvalue weighted by atomic mass is 9.48. The molecule has 1 saturated heterocycles. The number of ether oxygens (including phenoxy) is 1. The summed E-state index contributed by atoms with van der Waals surface area (Å²) in [5.74, 6) is 2.41. The van der Waals surface area contributed by atoms with Gasteiger partial charge >= 0.3 is 0 Å². The van der Waals surface area contributed by atoms with Gasteiger partial charge in [0.25, 0.3) is 0 Å². The fourth-order valence-electron chi connectivity index (χ4n) is 8.99. The number of nitrogens with zero attached hydrogens (tertiary/aromatic N) is 2. The van der Waals surface area contributed by atoms with Gasteiger partial charge in [0.2, 0.25) is 11.8 Å². The van der Waals surface area contributed by atoms with E-state index in [0.29, 0.717) is 29.5 Å². The number of allylic oxidation sites excluding steroid dienone is 2. The molecule has 2 N–H and O–H groups in total. The third kappa shape index (κ3) is 3.71. The second kappa shape index (κ2) is 8.60. The van der Waals surface area contributed by atoms with Crippen molar-refractivity contribution in [1.29, 1.82) is 0 Å². The van der Waals surface area contributed by atoms with Crippen LogP contribution in [-0.2, 0) is 16.1 Å². The quantitative estimate of drug-likeness (QED) is 0.562. The third-order valence-electron chi connectivity index (χ3n) is 10.6. The van der Waals surface area contributed by atoms with Crippen LogP contribution in [0.4, 0.5) is 0 Å². The Morgan fingerprint density at radius 1 is 1.24 bits per heavy atom. The van der Waals surface area contributed by atoms with Gasteiger partial charge in [0.05, 0.1) is 24.7 Å². The zero-order chi connectivity index (χ0) is 26.1. The molecule has 2 saturated carbocycles. The summed E-state index contributed by atoms with van der Waals surface area (Å²) in [6.07, 6.45) is 8.19. The maximum atomic E-state index is 13.5. The number of hydrogen-bond acceptors (Lipinski definition) is 4. The Hall–Kier alpha value is -2.83. The van der Waals surface area contributed by atoms with Gasteiger partial charge in [-0.2, -0.15) is 0 Å². The molecule has 6 atom stereocenters. The van der Waals surface area contributed by atoms with Crippen molar-refractivity contribution in [3.63, 3.8) is 0 Å². The van der Waals surface area contributed by atoms with Gasteiger partial charge in [0.1, 0.15) is 17.5 Å². The molecule has 2 aromatic rings. The van der Waals surface area contributed by atoms with E-state index in [9.17, 15) is 9.59 Å². The molecule has 1 aromatic heterocycles. The number of methoxy groups -OCH3 is 1. The lowest BCUT2D eigenvalue weighted by Crippen LogP contribution is -2.58. The topological polar surface area (TPSA) is 87.3 Å². The lowest BCUT2D eigenvalue weighted by molar-refractivity contribution is -0.149. The van der Waals surface area contributed by atoms with Crippen LogP contribution in [0.2, 0.25) is 0 Å². The van der Waals surface area contributed by atoms with Crippen LogP contribution in [0.25, 0.3) is 11.0 Å². The molecular formula is C30H40N4O3. The van der Waals surface area contributed by atoms with Crippen molar-refractivity contribution in [3.05, 3.63) is 35.3 Å². The third-order valence-corrected chi connectivity index (χ3v) is 10.6. The molecule has 1 aliphatic heterocycles. The summed E-state index contributed by atoms with van der Waals surface area (Å²) in [5.41, 5.74) is 4.54. The SMILES string of the molecule is COc1ccc2nc(CNC(=O)C3C[C@@]4(C)C(=C(C)C[C@@H]5[C@H]4CC[C@]4(C)CCC[C@@H]54)N(C)C3=O)[nH]c2c1. The van der Waals surface area contributed by atoms with E-state index in [2.05, 4.69) is 36.1 Å². The number of fused-ring (bicyclic) bond motifs is 6. The van der Waals surface area contributed by atoms with Crippen molar-refractivity contribution >= 4 is 22.8 Å². The monoisotopic (exact) mass is 504 g/mol. The van der Waals surface area contributed by atoms with Crippen molar-refractivity contribution in [1.82, 2.24) is 20.2 Å². The number of rotatable bonds is 4. The predicted octanol–water partition coefficient (Wildman–Crippen LogP) is 5.18. The highest BCUT2D eigenvalue weighted by Gasteiger charge is 2.60. The van der Waals surface area contributed by atoms with Crippen LogP contribution in [-0.4, -0.2) is 40.8 Å². The minimum Gasteiger partial charge on any atom is -0.497 e. The molecule has 198 valence electrons. The molecule has 0 bridgehead atoms. The number of aromatic amines is 1. The molecule has 37 heavy (non-hydrogen) atoms. The van der Waals surface area contributed by atoms with Crippen LogP contribution in [0.5, 0.6) is 5.75 Å². The standard InChI is InChI=1S/C30H40N4O3/c1-17-13-19-21-7-6-11-29(21,2)12-10-22(19)30(3)15-20(28(36)34(4)26(17)30)27(35)31-16-25-32-23-9-8-18(37-5)14-24(23)33-25/h8-9,14,19-22H,6-7,10-13,15-16H2,1-5H3,(H,31,35)(H,32,33)/t19-,20?,21-,22+,29-,30+/m0/s1. The molecule has 1 aromatic carbocycles. The molecule has 4 aliphatic rings. The maximum Gasteiger partial charge on any atom is 0.239 e. The molecule has 0 spiro atoms. The van der Waals surface area contributed by atoms with Gasteiger partial charge in [-0.15, -0.1) is 0 Å². The number of hydrogen-bond donors (Lipinski definition) is 2. The Morgan fingerprint density at radius 3 is 2.84 bits per heavy atom. The zero-order valence-corrected chi connectivity index (χ0v) is 22.8. The van der Waals surface area contributed by atoms with E-state index in [1.807, 2.05) is 30.1 Å². The van der Waals surface area contributed by atoms with Gasteiger partial charge in [0, 0.05) is 24.2 Å². The Balaban J connectivity index is 1.24. The fraction of sp³-hybridized carbons (Fsp3) is 0.633. The summed E-state index contributed by atoms with van der Waals surface area (Å²) in [6, 6.07) is 5.65. The molecular weight excluding hydrogens is 464 g/mol.